The largest absolute Gasteiger partial charge is 0.115 e. The lowest BCUT2D eigenvalue weighted by atomic mass is 9.86. The minimum atomic E-state index is 0.917. The highest BCUT2D eigenvalue weighted by atomic mass is 14.2. The lowest BCUT2D eigenvalue weighted by molar-refractivity contribution is 1.32. The molecule has 0 bridgehead atoms. The molecule has 0 amide bonds. The van der Waals surface area contributed by atoms with Gasteiger partial charge in [0.05, 0.1) is 0 Å². The molecule has 0 aliphatic heterocycles. The second-order valence-electron chi connectivity index (χ2n) is 5.38. The van der Waals surface area contributed by atoms with Gasteiger partial charge in [0, 0.05) is 16.7 Å². The Labute approximate surface area is 132 Å². The van der Waals surface area contributed by atoms with E-state index in [2.05, 4.69) is 50.1 Å². The van der Waals surface area contributed by atoms with Gasteiger partial charge in [0.25, 0.3) is 0 Å². The van der Waals surface area contributed by atoms with E-state index in [9.17, 15) is 0 Å². The first-order valence-electron chi connectivity index (χ1n) is 7.36. The highest BCUT2D eigenvalue weighted by molar-refractivity contribution is 5.85. The predicted octanol–water partition coefficient (Wildman–Crippen LogP) is 5.42. The van der Waals surface area contributed by atoms with Crippen LogP contribution >= 0.6 is 0 Å². The monoisotopic (exact) mass is 281 g/mol. The number of benzene rings is 3. The highest BCUT2D eigenvalue weighted by Crippen LogP contribution is 2.35. The topological polar surface area (TPSA) is 0 Å². The Morgan fingerprint density at radius 3 is 1.91 bits per heavy atom. The summed E-state index contributed by atoms with van der Waals surface area (Å²) in [6.45, 7) is 4.21. The van der Waals surface area contributed by atoms with Crippen molar-refractivity contribution in [1.29, 1.82) is 0 Å². The Bertz CT molecular complexity index is 835. The Morgan fingerprint density at radius 1 is 0.818 bits per heavy atom. The van der Waals surface area contributed by atoms with Gasteiger partial charge in [-0.25, -0.2) is 0 Å². The van der Waals surface area contributed by atoms with Crippen molar-refractivity contribution in [2.45, 2.75) is 13.8 Å². The molecule has 3 rings (SSSR count). The first kappa shape index (κ1) is 14.2. The normalized spacial score (nSPS) is 10.2. The maximum atomic E-state index is 5.88. The van der Waals surface area contributed by atoms with E-state index in [4.69, 9.17) is 6.42 Å². The van der Waals surface area contributed by atoms with E-state index in [0.29, 0.717) is 0 Å². The number of hydrogen-bond acceptors (Lipinski definition) is 0. The molecule has 3 aromatic carbocycles. The van der Waals surface area contributed by atoms with Gasteiger partial charge in [0.1, 0.15) is 0 Å². The molecule has 0 heteroatoms. The van der Waals surface area contributed by atoms with Crippen LogP contribution in [0.2, 0.25) is 0 Å². The van der Waals surface area contributed by atoms with Crippen LogP contribution in [0, 0.1) is 32.3 Å². The molecule has 0 unspecified atom stereocenters. The first-order chi connectivity index (χ1) is 10.7. The molecule has 0 heterocycles. The van der Waals surface area contributed by atoms with E-state index in [1.54, 1.807) is 0 Å². The highest BCUT2D eigenvalue weighted by Gasteiger charge is 2.15. The van der Waals surface area contributed by atoms with Crippen molar-refractivity contribution in [2.24, 2.45) is 0 Å². The van der Waals surface area contributed by atoms with Gasteiger partial charge in [-0.3, -0.25) is 0 Å². The third-order valence-corrected chi connectivity index (χ3v) is 4.02. The van der Waals surface area contributed by atoms with Crippen molar-refractivity contribution in [3.05, 3.63) is 83.4 Å². The summed E-state index contributed by atoms with van der Waals surface area (Å²) in [4.78, 5) is 0. The molecule has 0 N–H and O–H groups in total. The van der Waals surface area contributed by atoms with Crippen LogP contribution in [-0.2, 0) is 0 Å². The van der Waals surface area contributed by atoms with Crippen LogP contribution in [0.1, 0.15) is 16.7 Å². The van der Waals surface area contributed by atoms with E-state index in [-0.39, 0.29) is 0 Å². The van der Waals surface area contributed by atoms with Gasteiger partial charge < -0.3 is 0 Å². The number of rotatable bonds is 2. The first-order valence-corrected chi connectivity index (χ1v) is 7.36. The van der Waals surface area contributed by atoms with Crippen molar-refractivity contribution < 1.29 is 0 Å². The van der Waals surface area contributed by atoms with Crippen molar-refractivity contribution in [3.8, 4) is 34.6 Å². The fourth-order valence-corrected chi connectivity index (χ4v) is 2.78. The van der Waals surface area contributed by atoms with Crippen LogP contribution in [0.5, 0.6) is 0 Å². The average Bonchev–Trinajstić information content (AvgIpc) is 2.58. The maximum absolute atomic E-state index is 5.88. The predicted molar refractivity (Wildman–Crippen MR) is 93.6 cm³/mol. The van der Waals surface area contributed by atoms with E-state index in [0.717, 1.165) is 33.4 Å². The molecule has 0 fully saturated rings. The summed E-state index contributed by atoms with van der Waals surface area (Å²) in [5, 5.41) is 0. The fraction of sp³-hybridized carbons (Fsp3) is 0.0909. The van der Waals surface area contributed by atoms with Crippen molar-refractivity contribution in [1.82, 2.24) is 0 Å². The summed E-state index contributed by atoms with van der Waals surface area (Å²) >= 11 is 0. The quantitative estimate of drug-likeness (QED) is 0.550. The Balaban J connectivity index is 2.36. The van der Waals surface area contributed by atoms with E-state index >= 15 is 0 Å². The minimum absolute atomic E-state index is 0.917. The van der Waals surface area contributed by atoms with Gasteiger partial charge in [0.2, 0.25) is 0 Å². The third-order valence-electron chi connectivity index (χ3n) is 4.02. The molecule has 0 nitrogen and oxygen atoms in total. The molecular weight excluding hydrogens is 264 g/mol. The lowest BCUT2D eigenvalue weighted by Gasteiger charge is -2.16. The molecule has 105 valence electrons. The number of terminal acetylenes is 1. The SMILES string of the molecule is C#Cc1c(-c2ccccc2)[c]c(C)c(C)c1-c1ccccc1. The zero-order valence-corrected chi connectivity index (χ0v) is 12.9. The zero-order chi connectivity index (χ0) is 15.5. The summed E-state index contributed by atoms with van der Waals surface area (Å²) < 4.78 is 0. The molecule has 0 saturated carbocycles. The van der Waals surface area contributed by atoms with Crippen molar-refractivity contribution in [3.63, 3.8) is 0 Å². The van der Waals surface area contributed by atoms with Crippen LogP contribution in [-0.4, -0.2) is 0 Å². The summed E-state index contributed by atoms with van der Waals surface area (Å²) in [6, 6.07) is 24.0. The molecular formula is C22H17. The van der Waals surface area contributed by atoms with Crippen LogP contribution in [0.25, 0.3) is 22.3 Å². The van der Waals surface area contributed by atoms with E-state index in [1.807, 2.05) is 36.4 Å². The second kappa shape index (κ2) is 5.92. The van der Waals surface area contributed by atoms with Gasteiger partial charge in [-0.15, -0.1) is 6.42 Å². The smallest absolute Gasteiger partial charge is 0.0408 e. The number of aryl methyl sites for hydroxylation is 1. The second-order valence-corrected chi connectivity index (χ2v) is 5.38. The van der Waals surface area contributed by atoms with Gasteiger partial charge in [0.15, 0.2) is 0 Å². The maximum Gasteiger partial charge on any atom is 0.0408 e. The van der Waals surface area contributed by atoms with Crippen LogP contribution in [0.3, 0.4) is 0 Å². The zero-order valence-electron chi connectivity index (χ0n) is 12.9. The van der Waals surface area contributed by atoms with Crippen LogP contribution in [0.15, 0.2) is 60.7 Å². The van der Waals surface area contributed by atoms with Crippen molar-refractivity contribution >= 4 is 0 Å². The minimum Gasteiger partial charge on any atom is -0.115 e. The lowest BCUT2D eigenvalue weighted by Crippen LogP contribution is -1.97. The average molecular weight is 281 g/mol. The van der Waals surface area contributed by atoms with Crippen LogP contribution < -0.4 is 0 Å². The van der Waals surface area contributed by atoms with Gasteiger partial charge >= 0.3 is 0 Å². The van der Waals surface area contributed by atoms with Gasteiger partial charge in [-0.05, 0) is 42.2 Å². The molecule has 0 aliphatic rings. The van der Waals surface area contributed by atoms with E-state index < -0.39 is 0 Å². The van der Waals surface area contributed by atoms with Gasteiger partial charge in [-0.1, -0.05) is 66.6 Å². The Morgan fingerprint density at radius 2 is 1.36 bits per heavy atom. The Kier molecular flexibility index (Phi) is 3.81. The fourth-order valence-electron chi connectivity index (χ4n) is 2.78. The summed E-state index contributed by atoms with van der Waals surface area (Å²) in [6.07, 6.45) is 5.88. The molecule has 0 aromatic heterocycles. The standard InChI is InChI=1S/C22H17/c1-4-20-21(18-11-7-5-8-12-18)15-16(2)17(3)22(20)19-13-9-6-10-14-19/h1,5-14H,2-3H3. The molecule has 0 atom stereocenters. The number of hydrogen-bond donors (Lipinski definition) is 0. The molecule has 1 radical (unpaired) electrons. The van der Waals surface area contributed by atoms with E-state index in [1.165, 1.54) is 5.56 Å². The summed E-state index contributed by atoms with van der Waals surface area (Å²) in [5.41, 5.74) is 7.65. The molecule has 0 spiro atoms. The molecule has 3 aromatic rings. The van der Waals surface area contributed by atoms with Gasteiger partial charge in [-0.2, -0.15) is 0 Å². The third kappa shape index (κ3) is 2.43. The summed E-state index contributed by atoms with van der Waals surface area (Å²) in [5.74, 6) is 2.90. The van der Waals surface area contributed by atoms with Crippen molar-refractivity contribution in [2.75, 3.05) is 0 Å². The molecule has 0 aliphatic carbocycles. The van der Waals surface area contributed by atoms with Crippen LogP contribution in [0.4, 0.5) is 0 Å². The summed E-state index contributed by atoms with van der Waals surface area (Å²) in [7, 11) is 0. The molecule has 0 saturated heterocycles. The Hall–Kier alpha value is -2.78. The molecule has 22 heavy (non-hydrogen) atoms.